The topological polar surface area (TPSA) is 76.5 Å². The standard InChI is InChI=1S/C18H28N4O3/c1-13(18(24)25-2)21-9-10-22-16(12-21)11-15(20-22)7-8-17(23)19-14-5-3-4-6-14/h11,13-14H,3-10,12H2,1-2H3,(H,19,23)/t13-/m0/s1. The maximum atomic E-state index is 12.1. The highest BCUT2D eigenvalue weighted by molar-refractivity contribution is 5.76. The minimum absolute atomic E-state index is 0.124. The Balaban J connectivity index is 1.51. The smallest absolute Gasteiger partial charge is 0.322 e. The lowest BCUT2D eigenvalue weighted by Gasteiger charge is -2.31. The lowest BCUT2D eigenvalue weighted by molar-refractivity contribution is -0.146. The number of aryl methyl sites for hydroxylation is 1. The zero-order valence-electron chi connectivity index (χ0n) is 15.2. The van der Waals surface area contributed by atoms with Crippen LogP contribution in [-0.4, -0.2) is 52.3 Å². The second kappa shape index (κ2) is 7.99. The van der Waals surface area contributed by atoms with Gasteiger partial charge in [-0.15, -0.1) is 0 Å². The molecule has 0 bridgehead atoms. The number of carbonyl (C=O) groups is 2. The van der Waals surface area contributed by atoms with E-state index < -0.39 is 0 Å². The van der Waals surface area contributed by atoms with Crippen LogP contribution in [0.5, 0.6) is 0 Å². The molecule has 0 saturated heterocycles. The number of esters is 1. The van der Waals surface area contributed by atoms with Crippen molar-refractivity contribution in [1.29, 1.82) is 0 Å². The van der Waals surface area contributed by atoms with Gasteiger partial charge < -0.3 is 10.1 Å². The van der Waals surface area contributed by atoms with Crippen molar-refractivity contribution < 1.29 is 14.3 Å². The third kappa shape index (κ3) is 4.39. The van der Waals surface area contributed by atoms with Crippen LogP contribution < -0.4 is 5.32 Å². The first kappa shape index (κ1) is 17.9. The van der Waals surface area contributed by atoms with Crippen molar-refractivity contribution in [3.63, 3.8) is 0 Å². The summed E-state index contributed by atoms with van der Waals surface area (Å²) in [5, 5.41) is 7.73. The molecule has 7 nitrogen and oxygen atoms in total. The van der Waals surface area contributed by atoms with Crippen LogP contribution in [0.1, 0.15) is 50.4 Å². The first-order chi connectivity index (χ1) is 12.1. The van der Waals surface area contributed by atoms with Crippen LogP contribution in [0.3, 0.4) is 0 Å². The van der Waals surface area contributed by atoms with Gasteiger partial charge in [-0.2, -0.15) is 5.10 Å². The molecule has 1 amide bonds. The molecule has 1 saturated carbocycles. The lowest BCUT2D eigenvalue weighted by atomic mass is 10.1. The predicted molar refractivity (Wildman–Crippen MR) is 92.8 cm³/mol. The normalized spacial score (nSPS) is 19.4. The van der Waals surface area contributed by atoms with Crippen LogP contribution in [0.25, 0.3) is 0 Å². The van der Waals surface area contributed by atoms with Gasteiger partial charge in [-0.1, -0.05) is 12.8 Å². The highest BCUT2D eigenvalue weighted by atomic mass is 16.5. The molecule has 1 aromatic heterocycles. The maximum Gasteiger partial charge on any atom is 0.322 e. The molecule has 3 rings (SSSR count). The highest BCUT2D eigenvalue weighted by Gasteiger charge is 2.27. The first-order valence-corrected chi connectivity index (χ1v) is 9.23. The Morgan fingerprint density at radius 1 is 1.36 bits per heavy atom. The fourth-order valence-corrected chi connectivity index (χ4v) is 3.73. The molecular weight excluding hydrogens is 320 g/mol. The Hall–Kier alpha value is -1.89. The average Bonchev–Trinajstić information content (AvgIpc) is 3.26. The number of nitrogens with one attached hydrogen (secondary N) is 1. The fourth-order valence-electron chi connectivity index (χ4n) is 3.73. The number of nitrogens with zero attached hydrogens (tertiary/aromatic N) is 3. The van der Waals surface area contributed by atoms with E-state index in [1.807, 2.05) is 11.6 Å². The summed E-state index contributed by atoms with van der Waals surface area (Å²) in [5.41, 5.74) is 2.04. The van der Waals surface area contributed by atoms with Crippen molar-refractivity contribution in [2.75, 3.05) is 13.7 Å². The fraction of sp³-hybridized carbons (Fsp3) is 0.722. The van der Waals surface area contributed by atoms with Gasteiger partial charge in [-0.05, 0) is 25.8 Å². The largest absolute Gasteiger partial charge is 0.468 e. The van der Waals surface area contributed by atoms with Gasteiger partial charge in [0.25, 0.3) is 0 Å². The molecule has 1 atom stereocenters. The molecule has 7 heteroatoms. The summed E-state index contributed by atoms with van der Waals surface area (Å²) in [6.45, 7) is 4.07. The molecule has 25 heavy (non-hydrogen) atoms. The van der Waals surface area contributed by atoms with Gasteiger partial charge in [0.05, 0.1) is 25.0 Å². The van der Waals surface area contributed by atoms with Crippen molar-refractivity contribution in [2.45, 2.75) is 70.6 Å². The highest BCUT2D eigenvalue weighted by Crippen LogP contribution is 2.19. The van der Waals surface area contributed by atoms with Gasteiger partial charge in [0.2, 0.25) is 5.91 Å². The molecule has 1 fully saturated rings. The molecule has 2 heterocycles. The number of aromatic nitrogens is 2. The Kier molecular flexibility index (Phi) is 5.73. The quantitative estimate of drug-likeness (QED) is 0.783. The molecule has 0 aromatic carbocycles. The summed E-state index contributed by atoms with van der Waals surface area (Å²) in [6.07, 6.45) is 5.80. The molecule has 138 valence electrons. The second-order valence-corrected chi connectivity index (χ2v) is 7.07. The summed E-state index contributed by atoms with van der Waals surface area (Å²) in [5.74, 6) is -0.0874. The summed E-state index contributed by atoms with van der Waals surface area (Å²) < 4.78 is 6.82. The van der Waals surface area contributed by atoms with Gasteiger partial charge in [0.1, 0.15) is 6.04 Å². The van der Waals surface area contributed by atoms with Gasteiger partial charge in [0.15, 0.2) is 0 Å². The third-order valence-corrected chi connectivity index (χ3v) is 5.30. The molecule has 1 aliphatic carbocycles. The van der Waals surface area contributed by atoms with Gasteiger partial charge in [0, 0.05) is 32.0 Å². The average molecular weight is 348 g/mol. The van der Waals surface area contributed by atoms with Crippen molar-refractivity contribution in [3.8, 4) is 0 Å². The van der Waals surface area contributed by atoms with E-state index in [2.05, 4.69) is 21.4 Å². The first-order valence-electron chi connectivity index (χ1n) is 9.23. The number of carbonyl (C=O) groups excluding carboxylic acids is 2. The summed E-state index contributed by atoms with van der Waals surface area (Å²) in [6, 6.07) is 2.17. The van der Waals surface area contributed by atoms with E-state index in [0.29, 0.717) is 25.4 Å². The minimum atomic E-state index is -0.255. The van der Waals surface area contributed by atoms with Crippen LogP contribution in [-0.2, 0) is 33.8 Å². The van der Waals surface area contributed by atoms with Crippen molar-refractivity contribution >= 4 is 11.9 Å². The van der Waals surface area contributed by atoms with E-state index in [1.165, 1.54) is 20.0 Å². The van der Waals surface area contributed by atoms with Crippen LogP contribution in [0.2, 0.25) is 0 Å². The Morgan fingerprint density at radius 2 is 2.12 bits per heavy atom. The Morgan fingerprint density at radius 3 is 2.84 bits per heavy atom. The summed E-state index contributed by atoms with van der Waals surface area (Å²) >= 11 is 0. The summed E-state index contributed by atoms with van der Waals surface area (Å²) in [7, 11) is 1.42. The second-order valence-electron chi connectivity index (χ2n) is 7.07. The van der Waals surface area contributed by atoms with E-state index in [9.17, 15) is 9.59 Å². The zero-order chi connectivity index (χ0) is 17.8. The number of ether oxygens (including phenoxy) is 1. The maximum absolute atomic E-state index is 12.1. The number of rotatable bonds is 6. The van der Waals surface area contributed by atoms with Crippen LogP contribution >= 0.6 is 0 Å². The number of methoxy groups -OCH3 is 1. The Bertz CT molecular complexity index is 622. The molecular formula is C18H28N4O3. The van der Waals surface area contributed by atoms with E-state index in [1.54, 1.807) is 0 Å². The zero-order valence-corrected chi connectivity index (χ0v) is 15.2. The molecule has 0 radical (unpaired) electrons. The van der Waals surface area contributed by atoms with E-state index >= 15 is 0 Å². The monoisotopic (exact) mass is 348 g/mol. The molecule has 0 unspecified atom stereocenters. The third-order valence-electron chi connectivity index (χ3n) is 5.30. The van der Waals surface area contributed by atoms with Crippen LogP contribution in [0.4, 0.5) is 0 Å². The molecule has 0 spiro atoms. The predicted octanol–water partition coefficient (Wildman–Crippen LogP) is 1.25. The van der Waals surface area contributed by atoms with Crippen molar-refractivity contribution in [1.82, 2.24) is 20.0 Å². The molecule has 2 aliphatic rings. The van der Waals surface area contributed by atoms with Crippen molar-refractivity contribution in [3.05, 3.63) is 17.5 Å². The number of amides is 1. The van der Waals surface area contributed by atoms with Gasteiger partial charge in [-0.3, -0.25) is 19.2 Å². The van der Waals surface area contributed by atoms with Crippen LogP contribution in [0, 0.1) is 0 Å². The molecule has 1 aliphatic heterocycles. The number of hydrogen-bond acceptors (Lipinski definition) is 5. The van der Waals surface area contributed by atoms with E-state index in [4.69, 9.17) is 4.74 Å². The molecule has 1 N–H and O–H groups in total. The van der Waals surface area contributed by atoms with E-state index in [-0.39, 0.29) is 17.9 Å². The minimum Gasteiger partial charge on any atom is -0.468 e. The Labute approximate surface area is 148 Å². The number of fused-ring (bicyclic) bond motifs is 1. The summed E-state index contributed by atoms with van der Waals surface area (Å²) in [4.78, 5) is 25.9. The lowest BCUT2D eigenvalue weighted by Crippen LogP contribution is -2.44. The van der Waals surface area contributed by atoms with Crippen LogP contribution in [0.15, 0.2) is 6.07 Å². The van der Waals surface area contributed by atoms with E-state index in [0.717, 1.165) is 37.3 Å². The molecule has 1 aromatic rings. The van der Waals surface area contributed by atoms with Gasteiger partial charge >= 0.3 is 5.97 Å². The van der Waals surface area contributed by atoms with Crippen molar-refractivity contribution in [2.24, 2.45) is 0 Å². The number of hydrogen-bond donors (Lipinski definition) is 1. The van der Waals surface area contributed by atoms with Gasteiger partial charge in [-0.25, -0.2) is 0 Å². The SMILES string of the molecule is COC(=O)[C@H](C)N1CCn2nc(CCC(=O)NC3CCCC3)cc2C1.